The fourth-order valence-electron chi connectivity index (χ4n) is 4.10. The van der Waals surface area contributed by atoms with Gasteiger partial charge >= 0.3 is 16.9 Å². The molecule has 36 heavy (non-hydrogen) atoms. The van der Waals surface area contributed by atoms with Crippen LogP contribution in [-0.4, -0.2) is 24.2 Å². The van der Waals surface area contributed by atoms with E-state index in [2.05, 4.69) is 54.5 Å². The zero-order valence-corrected chi connectivity index (χ0v) is 21.4. The highest BCUT2D eigenvalue weighted by Crippen LogP contribution is 2.50. The summed E-state index contributed by atoms with van der Waals surface area (Å²) in [7, 11) is -2.22. The van der Waals surface area contributed by atoms with Crippen molar-refractivity contribution in [3.8, 4) is 22.6 Å². The molecule has 0 aliphatic carbocycles. The summed E-state index contributed by atoms with van der Waals surface area (Å²) in [5.41, 5.74) is 2.00. The van der Waals surface area contributed by atoms with Gasteiger partial charge in [0.25, 0.3) is 0 Å². The smallest absolute Gasteiger partial charge is 0.317 e. The number of aromatic nitrogens is 3. The lowest BCUT2D eigenvalue weighted by molar-refractivity contribution is 0.514. The third-order valence-electron chi connectivity index (χ3n) is 5.81. The summed E-state index contributed by atoms with van der Waals surface area (Å²) in [6.07, 6.45) is 17.7. The predicted octanol–water partition coefficient (Wildman–Crippen LogP) is 7.83. The highest BCUT2D eigenvalue weighted by atomic mass is 31.2. The van der Waals surface area contributed by atoms with Gasteiger partial charge in [0.15, 0.2) is 0 Å². The number of nitrogens with zero attached hydrogens (tertiary/aromatic N) is 4. The van der Waals surface area contributed by atoms with Crippen molar-refractivity contribution < 1.29 is 9.05 Å². The molecular formula is C28H26N4O2P2. The number of hydrogen-bond donors (Lipinski definition) is 0. The Bertz CT molecular complexity index is 1380. The van der Waals surface area contributed by atoms with Crippen LogP contribution in [0.2, 0.25) is 0 Å². The molecule has 1 atom stereocenters. The topological polar surface area (TPSA) is 36.5 Å². The minimum absolute atomic E-state index is 0.813. The summed E-state index contributed by atoms with van der Waals surface area (Å²) in [5.74, 6) is 1.65. The molecule has 0 fully saturated rings. The maximum Gasteiger partial charge on any atom is 0.317 e. The largest absolute Gasteiger partial charge is 0.436 e. The molecule has 0 spiro atoms. The van der Waals surface area contributed by atoms with E-state index < -0.39 is 16.9 Å². The molecule has 2 aromatic carbocycles. The molecule has 0 radical (unpaired) electrons. The van der Waals surface area contributed by atoms with E-state index in [1.54, 1.807) is 0 Å². The lowest BCUT2D eigenvalue weighted by atomic mass is 10.0. The van der Waals surface area contributed by atoms with Crippen LogP contribution in [0.4, 0.5) is 0 Å². The standard InChI is InChI=1S/C28H26N4O2P2/c1-3-15-27(33-35(29-17-5-6-18-29)30-19-7-8-20-30)25(13-1)26-14-2-4-16-28(26)34-36(31-21-9-10-22-31)32-23-11-12-24-32/h1-11,13-23H,12,24H2. The summed E-state index contributed by atoms with van der Waals surface area (Å²) in [6, 6.07) is 28.6. The van der Waals surface area contributed by atoms with E-state index in [1.807, 2.05) is 97.6 Å². The highest BCUT2D eigenvalue weighted by Gasteiger charge is 2.25. The highest BCUT2D eigenvalue weighted by molar-refractivity contribution is 7.49. The van der Waals surface area contributed by atoms with E-state index in [9.17, 15) is 0 Å². The van der Waals surface area contributed by atoms with E-state index in [1.165, 1.54) is 0 Å². The average molecular weight is 512 g/mol. The summed E-state index contributed by atoms with van der Waals surface area (Å²) < 4.78 is 22.2. The first-order valence-corrected chi connectivity index (χ1v) is 14.2. The zero-order chi connectivity index (χ0) is 24.2. The van der Waals surface area contributed by atoms with Crippen LogP contribution in [-0.2, 0) is 0 Å². The second kappa shape index (κ2) is 10.5. The summed E-state index contributed by atoms with van der Waals surface area (Å²) in [5, 5.41) is 0. The Hall–Kier alpha value is -3.72. The Morgan fingerprint density at radius 2 is 0.972 bits per heavy atom. The van der Waals surface area contributed by atoms with E-state index in [-0.39, 0.29) is 0 Å². The molecule has 5 aromatic rings. The molecule has 1 aliphatic heterocycles. The molecule has 3 aromatic heterocycles. The van der Waals surface area contributed by atoms with E-state index in [0.29, 0.717) is 0 Å². The lowest BCUT2D eigenvalue weighted by Gasteiger charge is -2.28. The zero-order valence-electron chi connectivity index (χ0n) is 19.6. The van der Waals surface area contributed by atoms with E-state index in [0.717, 1.165) is 35.6 Å². The maximum absolute atomic E-state index is 6.77. The predicted molar refractivity (Wildman–Crippen MR) is 147 cm³/mol. The van der Waals surface area contributed by atoms with E-state index in [4.69, 9.17) is 9.05 Å². The minimum atomic E-state index is -1.15. The fraction of sp³-hybridized carbons (Fsp3) is 0.0714. The van der Waals surface area contributed by atoms with Gasteiger partial charge in [-0.05, 0) is 55.0 Å². The summed E-state index contributed by atoms with van der Waals surface area (Å²) >= 11 is 0. The molecule has 6 rings (SSSR count). The second-order valence-corrected chi connectivity index (χ2v) is 11.5. The van der Waals surface area contributed by atoms with Gasteiger partial charge in [-0.1, -0.05) is 42.5 Å². The molecule has 0 saturated heterocycles. The van der Waals surface area contributed by atoms with Gasteiger partial charge in [-0.3, -0.25) is 13.0 Å². The van der Waals surface area contributed by atoms with Gasteiger partial charge in [0.05, 0.1) is 0 Å². The first-order valence-electron chi connectivity index (χ1n) is 11.8. The Morgan fingerprint density at radius 1 is 0.528 bits per heavy atom. The van der Waals surface area contributed by atoms with Crippen LogP contribution in [0.5, 0.6) is 11.5 Å². The lowest BCUT2D eigenvalue weighted by Crippen LogP contribution is -2.15. The van der Waals surface area contributed by atoms with Crippen LogP contribution in [0.1, 0.15) is 6.42 Å². The van der Waals surface area contributed by atoms with Crippen molar-refractivity contribution in [2.45, 2.75) is 6.42 Å². The molecule has 4 heterocycles. The van der Waals surface area contributed by atoms with Gasteiger partial charge in [-0.2, -0.15) is 0 Å². The van der Waals surface area contributed by atoms with Crippen LogP contribution < -0.4 is 9.05 Å². The molecule has 0 N–H and O–H groups in total. The van der Waals surface area contributed by atoms with Gasteiger partial charge < -0.3 is 13.7 Å². The molecule has 8 heteroatoms. The summed E-state index contributed by atoms with van der Waals surface area (Å²) in [4.78, 5) is 0. The average Bonchev–Trinajstić information content (AvgIpc) is 3.74. The summed E-state index contributed by atoms with van der Waals surface area (Å²) in [6.45, 7) is 0.948. The van der Waals surface area contributed by atoms with Crippen LogP contribution >= 0.6 is 16.9 Å². The van der Waals surface area contributed by atoms with Crippen molar-refractivity contribution >= 4 is 16.9 Å². The van der Waals surface area contributed by atoms with Crippen LogP contribution in [0.3, 0.4) is 0 Å². The van der Waals surface area contributed by atoms with Gasteiger partial charge in [0.2, 0.25) is 0 Å². The molecule has 1 unspecified atom stereocenters. The molecule has 1 aliphatic rings. The Labute approximate surface area is 213 Å². The maximum atomic E-state index is 6.77. The van der Waals surface area contributed by atoms with Gasteiger partial charge in [0, 0.05) is 61.1 Å². The first kappa shape index (κ1) is 22.7. The van der Waals surface area contributed by atoms with Crippen molar-refractivity contribution in [3.05, 3.63) is 134 Å². The second-order valence-electron chi connectivity index (χ2n) is 8.21. The van der Waals surface area contributed by atoms with Crippen molar-refractivity contribution in [1.82, 2.24) is 17.7 Å². The number of benzene rings is 2. The van der Waals surface area contributed by atoms with Crippen molar-refractivity contribution in [2.75, 3.05) is 6.54 Å². The fourth-order valence-corrected chi connectivity index (χ4v) is 7.30. The Morgan fingerprint density at radius 3 is 1.44 bits per heavy atom. The Kier molecular flexibility index (Phi) is 6.62. The molecule has 180 valence electrons. The van der Waals surface area contributed by atoms with Crippen LogP contribution in [0.15, 0.2) is 134 Å². The van der Waals surface area contributed by atoms with Gasteiger partial charge in [-0.25, -0.2) is 0 Å². The van der Waals surface area contributed by atoms with Crippen LogP contribution in [0.25, 0.3) is 11.1 Å². The van der Waals surface area contributed by atoms with Gasteiger partial charge in [0.1, 0.15) is 11.5 Å². The Balaban J connectivity index is 1.37. The van der Waals surface area contributed by atoms with Crippen LogP contribution in [0, 0.1) is 0 Å². The van der Waals surface area contributed by atoms with Gasteiger partial charge in [-0.15, -0.1) is 0 Å². The molecular weight excluding hydrogens is 486 g/mol. The van der Waals surface area contributed by atoms with Crippen molar-refractivity contribution in [3.63, 3.8) is 0 Å². The molecule has 0 saturated carbocycles. The molecule has 0 amide bonds. The third-order valence-corrected chi connectivity index (χ3v) is 9.28. The first-order chi connectivity index (χ1) is 17.9. The molecule has 6 nitrogen and oxygen atoms in total. The quantitative estimate of drug-likeness (QED) is 0.189. The number of para-hydroxylation sites is 2. The number of hydrogen-bond acceptors (Lipinski definition) is 3. The van der Waals surface area contributed by atoms with Crippen molar-refractivity contribution in [1.29, 1.82) is 0 Å². The minimum Gasteiger partial charge on any atom is -0.436 e. The number of rotatable bonds is 9. The molecule has 0 bridgehead atoms. The normalized spacial score (nSPS) is 13.9. The van der Waals surface area contributed by atoms with Crippen molar-refractivity contribution in [2.24, 2.45) is 0 Å². The SMILES string of the molecule is C1=CN(P(Oc2ccccc2-c2ccccc2OP(n2cccc2)n2cccc2)n2cccc2)CC1. The van der Waals surface area contributed by atoms with E-state index >= 15 is 0 Å². The third kappa shape index (κ3) is 4.70. The monoisotopic (exact) mass is 512 g/mol.